The van der Waals surface area contributed by atoms with Crippen molar-refractivity contribution < 1.29 is 33.3 Å². The molecule has 0 radical (unpaired) electrons. The zero-order valence-electron chi connectivity index (χ0n) is 24.2. The van der Waals surface area contributed by atoms with Gasteiger partial charge in [0.15, 0.2) is 0 Å². The number of aryl methyl sites for hydroxylation is 1. The first kappa shape index (κ1) is 31.5. The Balaban J connectivity index is 2.42. The first-order valence-corrected chi connectivity index (χ1v) is 13.2. The Kier molecular flexibility index (Phi) is 12.1. The fourth-order valence-corrected chi connectivity index (χ4v) is 3.94. The van der Waals surface area contributed by atoms with Gasteiger partial charge in [0.1, 0.15) is 35.4 Å². The summed E-state index contributed by atoms with van der Waals surface area (Å²) in [4.78, 5) is 41.2. The van der Waals surface area contributed by atoms with E-state index in [9.17, 15) is 14.4 Å². The van der Waals surface area contributed by atoms with E-state index in [1.54, 1.807) is 20.8 Å². The number of hydrogen-bond acceptors (Lipinski definition) is 7. The highest BCUT2D eigenvalue weighted by Crippen LogP contribution is 2.40. The van der Waals surface area contributed by atoms with Gasteiger partial charge >= 0.3 is 12.1 Å². The van der Waals surface area contributed by atoms with Crippen LogP contribution in [0.25, 0.3) is 0 Å². The normalized spacial score (nSPS) is 11.8. The summed E-state index contributed by atoms with van der Waals surface area (Å²) in [6, 6.07) is 11.6. The summed E-state index contributed by atoms with van der Waals surface area (Å²) < 4.78 is 22.1. The number of carbonyl (C=O) groups is 3. The number of anilines is 1. The molecule has 0 aliphatic carbocycles. The number of nitrogens with zero attached hydrogens (tertiary/aromatic N) is 1. The lowest BCUT2D eigenvalue weighted by molar-refractivity contribution is -0.146. The van der Waals surface area contributed by atoms with E-state index in [0.29, 0.717) is 30.2 Å². The van der Waals surface area contributed by atoms with Gasteiger partial charge in [0.2, 0.25) is 0 Å². The second-order valence-corrected chi connectivity index (χ2v) is 10.3. The molecule has 2 amide bonds. The standard InChI is InChI=1S/C30H42N2O7/c1-8-9-13-16-32(27-24(36-6)17-21(2)18-25(27)37-7)28(34)23(31-29(35)39-30(3,4)5)19-26(33)38-20-22-14-11-10-12-15-22/h10-12,14-15,17-18,23H,8-9,13,16,19-20H2,1-7H3,(H,31,35). The Morgan fingerprint density at radius 2 is 1.59 bits per heavy atom. The smallest absolute Gasteiger partial charge is 0.408 e. The number of ether oxygens (including phenoxy) is 4. The largest absolute Gasteiger partial charge is 0.494 e. The third-order valence-corrected chi connectivity index (χ3v) is 5.75. The molecule has 0 fully saturated rings. The maximum Gasteiger partial charge on any atom is 0.408 e. The lowest BCUT2D eigenvalue weighted by Gasteiger charge is -2.30. The summed E-state index contributed by atoms with van der Waals surface area (Å²) in [7, 11) is 3.04. The maximum absolute atomic E-state index is 14.1. The van der Waals surface area contributed by atoms with E-state index in [1.807, 2.05) is 49.4 Å². The maximum atomic E-state index is 14.1. The van der Waals surface area contributed by atoms with Gasteiger partial charge < -0.3 is 29.2 Å². The Morgan fingerprint density at radius 3 is 2.13 bits per heavy atom. The number of nitrogens with one attached hydrogen (secondary N) is 1. The summed E-state index contributed by atoms with van der Waals surface area (Å²) >= 11 is 0. The third kappa shape index (κ3) is 10.1. The van der Waals surface area contributed by atoms with Gasteiger partial charge in [-0.1, -0.05) is 50.1 Å². The highest BCUT2D eigenvalue weighted by Gasteiger charge is 2.34. The number of methoxy groups -OCH3 is 2. The topological polar surface area (TPSA) is 103 Å². The van der Waals surface area contributed by atoms with Gasteiger partial charge in [-0.25, -0.2) is 4.79 Å². The number of alkyl carbamates (subject to hydrolysis) is 1. The van der Waals surface area contributed by atoms with Gasteiger partial charge in [-0.2, -0.15) is 0 Å². The zero-order valence-corrected chi connectivity index (χ0v) is 24.2. The molecule has 2 aromatic rings. The number of hydrogen-bond donors (Lipinski definition) is 1. The highest BCUT2D eigenvalue weighted by molar-refractivity contribution is 6.02. The molecule has 2 rings (SSSR count). The van der Waals surface area contributed by atoms with Crippen molar-refractivity contribution in [3.63, 3.8) is 0 Å². The van der Waals surface area contributed by atoms with Crippen LogP contribution in [0.15, 0.2) is 42.5 Å². The van der Waals surface area contributed by atoms with Crippen LogP contribution in [0.5, 0.6) is 11.5 Å². The molecule has 2 aromatic carbocycles. The van der Waals surface area contributed by atoms with Crippen LogP contribution in [0.2, 0.25) is 0 Å². The summed E-state index contributed by atoms with van der Waals surface area (Å²) in [6.07, 6.45) is 1.32. The van der Waals surface area contributed by atoms with E-state index in [1.165, 1.54) is 19.1 Å². The molecule has 0 aromatic heterocycles. The van der Waals surface area contributed by atoms with Crippen molar-refractivity contribution in [1.82, 2.24) is 5.32 Å². The number of amides is 2. The second-order valence-electron chi connectivity index (χ2n) is 10.3. The average Bonchev–Trinajstić information content (AvgIpc) is 2.88. The SMILES string of the molecule is CCCCCN(C(=O)C(CC(=O)OCc1ccccc1)NC(=O)OC(C)(C)C)c1c(OC)cc(C)cc1OC. The van der Waals surface area contributed by atoms with Crippen LogP contribution in [0.3, 0.4) is 0 Å². The van der Waals surface area contributed by atoms with Crippen LogP contribution >= 0.6 is 0 Å². The molecule has 0 spiro atoms. The van der Waals surface area contributed by atoms with E-state index in [4.69, 9.17) is 18.9 Å². The Hall–Kier alpha value is -3.75. The number of esters is 1. The molecule has 0 aliphatic heterocycles. The number of benzene rings is 2. The molecular formula is C30H42N2O7. The van der Waals surface area contributed by atoms with Crippen molar-refractivity contribution in [2.75, 3.05) is 25.7 Å². The summed E-state index contributed by atoms with van der Waals surface area (Å²) in [5.74, 6) is -0.252. The van der Waals surface area contributed by atoms with Crippen molar-refractivity contribution in [2.24, 2.45) is 0 Å². The molecule has 0 heterocycles. The van der Waals surface area contributed by atoms with Crippen molar-refractivity contribution in [3.8, 4) is 11.5 Å². The lowest BCUT2D eigenvalue weighted by atomic mass is 10.1. The molecule has 39 heavy (non-hydrogen) atoms. The molecule has 9 heteroatoms. The van der Waals surface area contributed by atoms with Crippen LogP contribution in [0, 0.1) is 6.92 Å². The Labute approximate surface area is 231 Å². The molecule has 0 saturated heterocycles. The van der Waals surface area contributed by atoms with Gasteiger partial charge in [-0.3, -0.25) is 9.59 Å². The van der Waals surface area contributed by atoms with Crippen LogP contribution in [-0.4, -0.2) is 50.4 Å². The van der Waals surface area contributed by atoms with Gasteiger partial charge in [0, 0.05) is 6.54 Å². The highest BCUT2D eigenvalue weighted by atomic mass is 16.6. The zero-order chi connectivity index (χ0) is 29.0. The molecule has 214 valence electrons. The second kappa shape index (κ2) is 15.0. The predicted molar refractivity (Wildman–Crippen MR) is 150 cm³/mol. The molecule has 9 nitrogen and oxygen atoms in total. The molecule has 0 saturated carbocycles. The third-order valence-electron chi connectivity index (χ3n) is 5.75. The summed E-state index contributed by atoms with van der Waals surface area (Å²) in [6.45, 7) is 9.49. The summed E-state index contributed by atoms with van der Waals surface area (Å²) in [5, 5.41) is 2.59. The first-order chi connectivity index (χ1) is 18.5. The minimum atomic E-state index is -1.25. The number of unbranched alkanes of at least 4 members (excludes halogenated alkanes) is 2. The van der Waals surface area contributed by atoms with Gasteiger partial charge in [-0.15, -0.1) is 0 Å². The minimum absolute atomic E-state index is 0.0485. The monoisotopic (exact) mass is 542 g/mol. The number of carbonyl (C=O) groups excluding carboxylic acids is 3. The molecule has 1 N–H and O–H groups in total. The van der Waals surface area contributed by atoms with Crippen LogP contribution in [-0.2, 0) is 25.7 Å². The summed E-state index contributed by atoms with van der Waals surface area (Å²) in [5.41, 5.74) is 1.33. The van der Waals surface area contributed by atoms with Crippen molar-refractivity contribution >= 4 is 23.7 Å². The Morgan fingerprint density at radius 1 is 0.974 bits per heavy atom. The van der Waals surface area contributed by atoms with Gasteiger partial charge in [0.05, 0.1) is 20.6 Å². The molecule has 0 bridgehead atoms. The average molecular weight is 543 g/mol. The van der Waals surface area contributed by atoms with Crippen molar-refractivity contribution in [3.05, 3.63) is 53.6 Å². The van der Waals surface area contributed by atoms with Crippen molar-refractivity contribution in [2.45, 2.75) is 78.6 Å². The molecule has 0 aliphatic rings. The molecule has 1 unspecified atom stereocenters. The van der Waals surface area contributed by atoms with Crippen LogP contribution < -0.4 is 19.7 Å². The molecule has 1 atom stereocenters. The first-order valence-electron chi connectivity index (χ1n) is 13.2. The van der Waals surface area contributed by atoms with E-state index in [0.717, 1.165) is 24.0 Å². The minimum Gasteiger partial charge on any atom is -0.494 e. The van der Waals surface area contributed by atoms with Crippen LogP contribution in [0.4, 0.5) is 10.5 Å². The fourth-order valence-electron chi connectivity index (χ4n) is 3.94. The van der Waals surface area contributed by atoms with E-state index < -0.39 is 29.6 Å². The molecular weight excluding hydrogens is 500 g/mol. The fraction of sp³-hybridized carbons (Fsp3) is 0.500. The van der Waals surface area contributed by atoms with E-state index in [2.05, 4.69) is 12.2 Å². The Bertz CT molecular complexity index is 1070. The van der Waals surface area contributed by atoms with Gasteiger partial charge in [-0.05, 0) is 57.4 Å². The van der Waals surface area contributed by atoms with E-state index in [-0.39, 0.29) is 13.0 Å². The lowest BCUT2D eigenvalue weighted by Crippen LogP contribution is -2.51. The van der Waals surface area contributed by atoms with Crippen LogP contribution in [0.1, 0.15) is 64.5 Å². The number of rotatable bonds is 13. The predicted octanol–water partition coefficient (Wildman–Crippen LogP) is 5.56. The quantitative estimate of drug-likeness (QED) is 0.261. The van der Waals surface area contributed by atoms with E-state index >= 15 is 0 Å². The van der Waals surface area contributed by atoms with Crippen molar-refractivity contribution in [1.29, 1.82) is 0 Å². The van der Waals surface area contributed by atoms with Gasteiger partial charge in [0.25, 0.3) is 5.91 Å².